The lowest BCUT2D eigenvalue weighted by Crippen LogP contribution is -3.14. The summed E-state index contributed by atoms with van der Waals surface area (Å²) >= 11 is 1.51. The summed E-state index contributed by atoms with van der Waals surface area (Å²) in [6, 6.07) is 9.93. The number of carbonyl (C=O) groups is 1. The number of amides is 1. The number of hydrogen-bond donors (Lipinski definition) is 1. The van der Waals surface area contributed by atoms with E-state index in [1.807, 2.05) is 36.4 Å². The van der Waals surface area contributed by atoms with Gasteiger partial charge in [-0.25, -0.2) is 0 Å². The van der Waals surface area contributed by atoms with Gasteiger partial charge >= 0.3 is 0 Å². The molecule has 0 saturated carbocycles. The molecule has 1 fully saturated rings. The van der Waals surface area contributed by atoms with Gasteiger partial charge in [0.1, 0.15) is 0 Å². The van der Waals surface area contributed by atoms with Gasteiger partial charge in [0.25, 0.3) is 5.91 Å². The Hall–Kier alpha value is -1.59. The topological polar surface area (TPSA) is 37.1 Å². The summed E-state index contributed by atoms with van der Waals surface area (Å²) in [5.41, 5.74) is 1.05. The number of amidine groups is 1. The second-order valence-electron chi connectivity index (χ2n) is 5.31. The first-order valence-corrected chi connectivity index (χ1v) is 8.24. The van der Waals surface area contributed by atoms with Gasteiger partial charge in [-0.05, 0) is 30.3 Å². The Bertz CT molecular complexity index is 574. The van der Waals surface area contributed by atoms with Crippen LogP contribution in [0.4, 0.5) is 0 Å². The second-order valence-corrected chi connectivity index (χ2v) is 6.32. The first-order chi connectivity index (χ1) is 10.3. The van der Waals surface area contributed by atoms with Crippen LogP contribution < -0.4 is 4.90 Å². The molecular weight excluding hydrogens is 282 g/mol. The van der Waals surface area contributed by atoms with E-state index in [4.69, 9.17) is 0 Å². The largest absolute Gasteiger partial charge is 0.339 e. The first-order valence-electron chi connectivity index (χ1n) is 7.42. The van der Waals surface area contributed by atoms with E-state index in [2.05, 4.69) is 16.8 Å². The molecule has 4 nitrogen and oxygen atoms in total. The molecule has 0 bridgehead atoms. The van der Waals surface area contributed by atoms with Crippen LogP contribution >= 0.6 is 11.8 Å². The Morgan fingerprint density at radius 2 is 2.00 bits per heavy atom. The van der Waals surface area contributed by atoms with Crippen molar-refractivity contribution in [2.24, 2.45) is 4.99 Å². The molecular formula is C16H20N3OS+. The van der Waals surface area contributed by atoms with Gasteiger partial charge in [-0.15, -0.1) is 0 Å². The number of nitrogens with one attached hydrogen (secondary N) is 1. The molecule has 0 unspecified atom stereocenters. The van der Waals surface area contributed by atoms with E-state index in [0.717, 1.165) is 41.8 Å². The first kappa shape index (κ1) is 14.4. The average molecular weight is 302 g/mol. The summed E-state index contributed by atoms with van der Waals surface area (Å²) in [4.78, 5) is 20.9. The van der Waals surface area contributed by atoms with Crippen LogP contribution in [0.1, 0.15) is 12.5 Å². The number of likely N-dealkylation sites (N-methyl/N-ethyl adjacent to an activating group) is 1. The van der Waals surface area contributed by atoms with Crippen LogP contribution in [0.5, 0.6) is 0 Å². The molecule has 0 aromatic heterocycles. The number of piperazine rings is 1. The fraction of sp³-hybridized carbons (Fsp3) is 0.375. The van der Waals surface area contributed by atoms with E-state index in [1.54, 1.807) is 4.90 Å². The van der Waals surface area contributed by atoms with Crippen LogP contribution in [0.15, 0.2) is 40.2 Å². The Morgan fingerprint density at radius 1 is 1.29 bits per heavy atom. The van der Waals surface area contributed by atoms with Crippen LogP contribution in [0.2, 0.25) is 0 Å². The number of rotatable bonds is 2. The maximum Gasteiger partial charge on any atom is 0.286 e. The number of quaternary nitrogens is 1. The molecule has 1 aromatic carbocycles. The van der Waals surface area contributed by atoms with Gasteiger partial charge in [0.05, 0.1) is 37.6 Å². The molecule has 1 amide bonds. The third-order valence-electron chi connectivity index (χ3n) is 3.95. The third kappa shape index (κ3) is 3.36. The predicted octanol–water partition coefficient (Wildman–Crippen LogP) is 0.877. The maximum absolute atomic E-state index is 12.0. The van der Waals surface area contributed by atoms with Crippen molar-refractivity contribution in [2.75, 3.05) is 32.7 Å². The number of hydrogen-bond acceptors (Lipinski definition) is 3. The highest BCUT2D eigenvalue weighted by atomic mass is 32.2. The fourth-order valence-corrected chi connectivity index (χ4v) is 3.57. The molecule has 0 atom stereocenters. The summed E-state index contributed by atoms with van der Waals surface area (Å²) in [6.45, 7) is 7.62. The molecule has 1 saturated heterocycles. The van der Waals surface area contributed by atoms with Crippen LogP contribution in [0.3, 0.4) is 0 Å². The van der Waals surface area contributed by atoms with Crippen molar-refractivity contribution >= 4 is 28.9 Å². The minimum absolute atomic E-state index is 0.107. The van der Waals surface area contributed by atoms with Crippen molar-refractivity contribution in [2.45, 2.75) is 6.92 Å². The van der Waals surface area contributed by atoms with E-state index < -0.39 is 0 Å². The Kier molecular flexibility index (Phi) is 4.41. The lowest BCUT2D eigenvalue weighted by atomic mass is 10.2. The van der Waals surface area contributed by atoms with Crippen molar-refractivity contribution < 1.29 is 9.69 Å². The van der Waals surface area contributed by atoms with E-state index >= 15 is 0 Å². The van der Waals surface area contributed by atoms with Gasteiger partial charge in [-0.3, -0.25) is 4.79 Å². The smallest absolute Gasteiger partial charge is 0.286 e. The predicted molar refractivity (Wildman–Crippen MR) is 87.3 cm³/mol. The highest BCUT2D eigenvalue weighted by Crippen LogP contribution is 2.30. The number of aliphatic imine (C=N–C) groups is 1. The van der Waals surface area contributed by atoms with Crippen LogP contribution in [-0.4, -0.2) is 48.7 Å². The molecule has 1 N–H and O–H groups in total. The summed E-state index contributed by atoms with van der Waals surface area (Å²) in [7, 11) is 0. The standard InChI is InChI=1S/C16H19N3OS/c1-2-18-8-10-19(11-9-18)16-17-15(20)14(21-16)12-13-6-4-3-5-7-13/h3-7,12H,2,8-11H2,1H3/p+1/b14-12+. The number of nitrogens with zero attached hydrogens (tertiary/aromatic N) is 2. The summed E-state index contributed by atoms with van der Waals surface area (Å²) in [6.07, 6.45) is 1.93. The molecule has 5 heteroatoms. The zero-order chi connectivity index (χ0) is 14.7. The molecule has 3 rings (SSSR count). The minimum Gasteiger partial charge on any atom is -0.339 e. The third-order valence-corrected chi connectivity index (χ3v) is 4.99. The lowest BCUT2D eigenvalue weighted by molar-refractivity contribution is -0.902. The van der Waals surface area contributed by atoms with E-state index in [9.17, 15) is 4.79 Å². The summed E-state index contributed by atoms with van der Waals surface area (Å²) in [5, 5.41) is 0.873. The van der Waals surface area contributed by atoms with Gasteiger partial charge in [0.15, 0.2) is 5.17 Å². The van der Waals surface area contributed by atoms with Crippen LogP contribution in [0.25, 0.3) is 6.08 Å². The monoisotopic (exact) mass is 302 g/mol. The Labute approximate surface area is 129 Å². The molecule has 2 aliphatic heterocycles. The summed E-state index contributed by atoms with van der Waals surface area (Å²) in [5.74, 6) is -0.107. The van der Waals surface area contributed by atoms with Gasteiger partial charge in [-0.2, -0.15) is 4.99 Å². The molecule has 0 radical (unpaired) electrons. The molecule has 1 aromatic rings. The Morgan fingerprint density at radius 3 is 2.67 bits per heavy atom. The second kappa shape index (κ2) is 6.45. The van der Waals surface area contributed by atoms with Crippen molar-refractivity contribution in [1.29, 1.82) is 0 Å². The molecule has 0 spiro atoms. The zero-order valence-electron chi connectivity index (χ0n) is 12.2. The average Bonchev–Trinajstić information content (AvgIpc) is 2.89. The minimum atomic E-state index is -0.107. The van der Waals surface area contributed by atoms with Crippen LogP contribution in [0, 0.1) is 0 Å². The highest BCUT2D eigenvalue weighted by Gasteiger charge is 2.29. The number of benzene rings is 1. The highest BCUT2D eigenvalue weighted by molar-refractivity contribution is 8.18. The van der Waals surface area contributed by atoms with Crippen LogP contribution in [-0.2, 0) is 4.79 Å². The zero-order valence-corrected chi connectivity index (χ0v) is 13.0. The quantitative estimate of drug-likeness (QED) is 0.824. The molecule has 2 aliphatic rings. The Balaban J connectivity index is 1.67. The number of carbonyl (C=O) groups excluding carboxylic acids is 1. The van der Waals surface area contributed by atoms with Crippen molar-refractivity contribution in [3.8, 4) is 0 Å². The SMILES string of the molecule is CC[NH+]1CCN(C2=NC(=O)/C(=C\c3ccccc3)S2)CC1. The van der Waals surface area contributed by atoms with Gasteiger partial charge in [-0.1, -0.05) is 30.3 Å². The molecule has 21 heavy (non-hydrogen) atoms. The lowest BCUT2D eigenvalue weighted by Gasteiger charge is -2.32. The van der Waals surface area contributed by atoms with Crippen molar-refractivity contribution in [3.05, 3.63) is 40.8 Å². The maximum atomic E-state index is 12.0. The fourth-order valence-electron chi connectivity index (χ4n) is 2.60. The molecule has 0 aliphatic carbocycles. The van der Waals surface area contributed by atoms with E-state index in [-0.39, 0.29) is 5.91 Å². The van der Waals surface area contributed by atoms with E-state index in [0.29, 0.717) is 0 Å². The van der Waals surface area contributed by atoms with Crippen molar-refractivity contribution in [3.63, 3.8) is 0 Å². The molecule has 110 valence electrons. The van der Waals surface area contributed by atoms with Gasteiger partial charge < -0.3 is 9.80 Å². The summed E-state index contributed by atoms with van der Waals surface area (Å²) < 4.78 is 0. The van der Waals surface area contributed by atoms with Crippen molar-refractivity contribution in [1.82, 2.24) is 4.90 Å². The van der Waals surface area contributed by atoms with Gasteiger partial charge in [0, 0.05) is 0 Å². The molecule has 2 heterocycles. The van der Waals surface area contributed by atoms with E-state index in [1.165, 1.54) is 18.3 Å². The van der Waals surface area contributed by atoms with Gasteiger partial charge in [0.2, 0.25) is 0 Å². The normalized spacial score (nSPS) is 22.0. The number of thioether (sulfide) groups is 1.